The second kappa shape index (κ2) is 7.59. The van der Waals surface area contributed by atoms with E-state index in [4.69, 9.17) is 0 Å². The maximum absolute atomic E-state index is 4.66. The molecule has 1 aromatic rings. The lowest BCUT2D eigenvalue weighted by molar-refractivity contribution is 0.571. The molecule has 0 aliphatic heterocycles. The summed E-state index contributed by atoms with van der Waals surface area (Å²) in [5, 5.41) is 9.92. The van der Waals surface area contributed by atoms with Gasteiger partial charge in [0.1, 0.15) is 5.01 Å². The van der Waals surface area contributed by atoms with Crippen molar-refractivity contribution < 1.29 is 0 Å². The van der Waals surface area contributed by atoms with E-state index in [2.05, 4.69) is 53.7 Å². The number of nitrogens with one attached hydrogen (secondary N) is 2. The molecule has 6 heteroatoms. The minimum atomic E-state index is 0. The largest absolute Gasteiger partial charge is 0.357 e. The summed E-state index contributed by atoms with van der Waals surface area (Å²) in [6.07, 6.45) is 2.52. The lowest BCUT2D eigenvalue weighted by Crippen LogP contribution is -2.38. The molecule has 1 fully saturated rings. The Morgan fingerprint density at radius 3 is 2.65 bits per heavy atom. The van der Waals surface area contributed by atoms with Gasteiger partial charge in [0.25, 0.3) is 0 Å². The van der Waals surface area contributed by atoms with Gasteiger partial charge in [0, 0.05) is 23.4 Å². The first-order valence-electron chi connectivity index (χ1n) is 6.98. The van der Waals surface area contributed by atoms with E-state index in [1.807, 2.05) is 0 Å². The molecule has 4 nitrogen and oxygen atoms in total. The number of rotatable bonds is 4. The van der Waals surface area contributed by atoms with Crippen LogP contribution in [0.2, 0.25) is 0 Å². The maximum atomic E-state index is 4.66. The average Bonchev–Trinajstić information content (AvgIpc) is 3.00. The van der Waals surface area contributed by atoms with Crippen LogP contribution in [0.3, 0.4) is 0 Å². The van der Waals surface area contributed by atoms with Crippen LogP contribution in [0.25, 0.3) is 0 Å². The van der Waals surface area contributed by atoms with Crippen LogP contribution in [-0.4, -0.2) is 23.5 Å². The highest BCUT2D eigenvalue weighted by atomic mass is 127. The lowest BCUT2D eigenvalue weighted by Gasteiger charge is -2.14. The zero-order valence-electron chi connectivity index (χ0n) is 12.7. The highest BCUT2D eigenvalue weighted by Gasteiger charge is 2.22. The fourth-order valence-corrected chi connectivity index (χ4v) is 2.56. The number of hydrogen-bond donors (Lipinski definition) is 2. The minimum Gasteiger partial charge on any atom is -0.357 e. The number of aromatic nitrogens is 1. The van der Waals surface area contributed by atoms with Crippen molar-refractivity contribution in [3.63, 3.8) is 0 Å². The van der Waals surface area contributed by atoms with Gasteiger partial charge in [-0.25, -0.2) is 9.98 Å². The van der Waals surface area contributed by atoms with Gasteiger partial charge in [0.05, 0.1) is 12.2 Å². The Hall–Kier alpha value is -0.370. The molecule has 2 rings (SSSR count). The van der Waals surface area contributed by atoms with Crippen LogP contribution >= 0.6 is 35.3 Å². The molecule has 1 aliphatic carbocycles. The molecule has 1 aliphatic rings. The summed E-state index contributed by atoms with van der Waals surface area (Å²) in [7, 11) is 0. The Balaban J connectivity index is 0.00000200. The van der Waals surface area contributed by atoms with Crippen LogP contribution < -0.4 is 10.6 Å². The summed E-state index contributed by atoms with van der Waals surface area (Å²) in [6.45, 7) is 10.2. The van der Waals surface area contributed by atoms with Gasteiger partial charge in [-0.3, -0.25) is 0 Å². The second-order valence-corrected chi connectivity index (χ2v) is 6.93. The normalized spacial score (nSPS) is 15.7. The molecule has 0 spiro atoms. The number of guanidine groups is 1. The number of nitrogens with zero attached hydrogens (tertiary/aromatic N) is 2. The SMILES string of the molecule is CCNC(=NCc1nc(C(C)(C)C)cs1)NC1CC1.I. The zero-order chi connectivity index (χ0) is 13.9. The molecule has 114 valence electrons. The molecule has 0 saturated heterocycles. The molecule has 0 unspecified atom stereocenters. The van der Waals surface area contributed by atoms with E-state index in [-0.39, 0.29) is 29.4 Å². The first-order chi connectivity index (χ1) is 8.99. The molecule has 0 radical (unpaired) electrons. The van der Waals surface area contributed by atoms with Gasteiger partial charge >= 0.3 is 0 Å². The summed E-state index contributed by atoms with van der Waals surface area (Å²) >= 11 is 1.70. The Morgan fingerprint density at radius 2 is 2.15 bits per heavy atom. The van der Waals surface area contributed by atoms with E-state index in [1.54, 1.807) is 11.3 Å². The molecule has 0 amide bonds. The van der Waals surface area contributed by atoms with Gasteiger partial charge < -0.3 is 10.6 Å². The molecule has 2 N–H and O–H groups in total. The van der Waals surface area contributed by atoms with Gasteiger partial charge in [-0.2, -0.15) is 0 Å². The average molecular weight is 408 g/mol. The quantitative estimate of drug-likeness (QED) is 0.457. The van der Waals surface area contributed by atoms with Crippen molar-refractivity contribution in [3.8, 4) is 0 Å². The van der Waals surface area contributed by atoms with Gasteiger partial charge in [0.2, 0.25) is 0 Å². The van der Waals surface area contributed by atoms with Gasteiger partial charge in [-0.1, -0.05) is 20.8 Å². The maximum Gasteiger partial charge on any atom is 0.191 e. The monoisotopic (exact) mass is 408 g/mol. The van der Waals surface area contributed by atoms with Crippen LogP contribution in [0, 0.1) is 0 Å². The van der Waals surface area contributed by atoms with Crippen molar-refractivity contribution in [2.45, 2.75) is 58.5 Å². The van der Waals surface area contributed by atoms with Gasteiger partial charge in [0.15, 0.2) is 5.96 Å². The van der Waals surface area contributed by atoms with E-state index in [9.17, 15) is 0 Å². The first-order valence-corrected chi connectivity index (χ1v) is 7.86. The van der Waals surface area contributed by atoms with Crippen LogP contribution in [0.5, 0.6) is 0 Å². The van der Waals surface area contributed by atoms with E-state index in [0.717, 1.165) is 23.2 Å². The Bertz CT molecular complexity index is 446. The fourth-order valence-electron chi connectivity index (χ4n) is 1.62. The summed E-state index contributed by atoms with van der Waals surface area (Å²) in [5.74, 6) is 0.914. The van der Waals surface area contributed by atoms with Crippen LogP contribution in [0.4, 0.5) is 0 Å². The van der Waals surface area contributed by atoms with Crippen molar-refractivity contribution >= 4 is 41.3 Å². The molecule has 0 atom stereocenters. The van der Waals surface area contributed by atoms with E-state index in [1.165, 1.54) is 12.8 Å². The highest BCUT2D eigenvalue weighted by Crippen LogP contribution is 2.24. The van der Waals surface area contributed by atoms with Crippen molar-refractivity contribution in [2.75, 3.05) is 6.54 Å². The summed E-state index contributed by atoms with van der Waals surface area (Å²) < 4.78 is 0. The van der Waals surface area contributed by atoms with Gasteiger partial charge in [-0.15, -0.1) is 35.3 Å². The number of hydrogen-bond acceptors (Lipinski definition) is 3. The molecular formula is C14H25IN4S. The summed E-state index contributed by atoms with van der Waals surface area (Å²) in [5.41, 5.74) is 1.28. The lowest BCUT2D eigenvalue weighted by atomic mass is 9.93. The standard InChI is InChI=1S/C14H24N4S.HI/c1-5-15-13(17-10-6-7-10)16-8-12-18-11(9-19-12)14(2,3)4;/h9-10H,5-8H2,1-4H3,(H2,15,16,17);1H. The molecule has 1 heterocycles. The van der Waals surface area contributed by atoms with Crippen molar-refractivity contribution in [1.29, 1.82) is 0 Å². The van der Waals surface area contributed by atoms with E-state index >= 15 is 0 Å². The zero-order valence-corrected chi connectivity index (χ0v) is 15.8. The van der Waals surface area contributed by atoms with Crippen molar-refractivity contribution in [1.82, 2.24) is 15.6 Å². The van der Waals surface area contributed by atoms with Gasteiger partial charge in [-0.05, 0) is 19.8 Å². The minimum absolute atomic E-state index is 0. The molecular weight excluding hydrogens is 383 g/mol. The summed E-state index contributed by atoms with van der Waals surface area (Å²) in [4.78, 5) is 9.27. The summed E-state index contributed by atoms with van der Waals surface area (Å²) in [6, 6.07) is 0.624. The van der Waals surface area contributed by atoms with E-state index < -0.39 is 0 Å². The second-order valence-electron chi connectivity index (χ2n) is 5.99. The van der Waals surface area contributed by atoms with E-state index in [0.29, 0.717) is 12.6 Å². The number of halogens is 1. The molecule has 1 saturated carbocycles. The first kappa shape index (κ1) is 17.7. The Morgan fingerprint density at radius 1 is 1.45 bits per heavy atom. The third kappa shape index (κ3) is 5.55. The smallest absolute Gasteiger partial charge is 0.191 e. The molecule has 0 bridgehead atoms. The highest BCUT2D eigenvalue weighted by molar-refractivity contribution is 14.0. The molecule has 20 heavy (non-hydrogen) atoms. The van der Waals surface area contributed by atoms with Crippen LogP contribution in [0.1, 0.15) is 51.2 Å². The predicted molar refractivity (Wildman–Crippen MR) is 97.2 cm³/mol. The van der Waals surface area contributed by atoms with Crippen LogP contribution in [-0.2, 0) is 12.0 Å². The molecule has 1 aromatic heterocycles. The third-order valence-electron chi connectivity index (χ3n) is 2.96. The Kier molecular flexibility index (Phi) is 6.71. The number of thiazole rings is 1. The predicted octanol–water partition coefficient (Wildman–Crippen LogP) is 3.28. The topological polar surface area (TPSA) is 49.3 Å². The van der Waals surface area contributed by atoms with Crippen molar-refractivity contribution in [3.05, 3.63) is 16.1 Å². The van der Waals surface area contributed by atoms with Crippen molar-refractivity contribution in [2.24, 2.45) is 4.99 Å². The molecule has 0 aromatic carbocycles. The fraction of sp³-hybridized carbons (Fsp3) is 0.714. The number of aliphatic imine (C=N–C) groups is 1. The third-order valence-corrected chi connectivity index (χ3v) is 3.79. The van der Waals surface area contributed by atoms with Crippen LogP contribution in [0.15, 0.2) is 10.4 Å². The Labute approximate surface area is 142 Å².